The molecule has 42 heavy (non-hydrogen) atoms. The topological polar surface area (TPSA) is 130 Å². The van der Waals surface area contributed by atoms with Gasteiger partial charge in [0, 0.05) is 11.6 Å². The monoisotopic (exact) mass is 588 g/mol. The lowest BCUT2D eigenvalue weighted by Crippen LogP contribution is -2.39. The van der Waals surface area contributed by atoms with Gasteiger partial charge < -0.3 is 23.7 Å². The summed E-state index contributed by atoms with van der Waals surface area (Å²) in [5.74, 6) is 0.231. The number of carbonyl (C=O) groups excluding carboxylic acids is 1. The molecular formula is C31H28N2O8S. The molecule has 1 aliphatic heterocycles. The molecule has 0 saturated carbocycles. The zero-order valence-electron chi connectivity index (χ0n) is 23.6. The fourth-order valence-electron chi connectivity index (χ4n) is 4.97. The highest BCUT2D eigenvalue weighted by molar-refractivity contribution is 7.07. The van der Waals surface area contributed by atoms with Crippen molar-refractivity contribution >= 4 is 29.4 Å². The first-order chi connectivity index (χ1) is 20.2. The SMILES string of the molecule is CCOC(=O)C1=C(C)N=c2s/c(=C\c3ccc(-c4cccc(C(=O)O)c4C)o3)c(=O)n2[C@@H]1c1ccc(OC)c(OC)c1. The van der Waals surface area contributed by atoms with Crippen LogP contribution in [-0.4, -0.2) is 42.4 Å². The number of nitrogens with zero attached hydrogens (tertiary/aromatic N) is 2. The molecule has 0 saturated heterocycles. The second-order valence-corrected chi connectivity index (χ2v) is 10.4. The number of carboxylic acid groups (broad SMARTS) is 1. The van der Waals surface area contributed by atoms with Crippen LogP contribution < -0.4 is 24.4 Å². The Bertz CT molecular complexity index is 1930. The van der Waals surface area contributed by atoms with Crippen LogP contribution in [0.1, 0.15) is 47.1 Å². The Labute approximate surface area is 244 Å². The van der Waals surface area contributed by atoms with Gasteiger partial charge in [-0.1, -0.05) is 29.5 Å². The molecule has 0 unspecified atom stereocenters. The molecule has 5 rings (SSSR count). The molecule has 3 heterocycles. The molecular weight excluding hydrogens is 560 g/mol. The Morgan fingerprint density at radius 1 is 1.10 bits per heavy atom. The number of furan rings is 1. The van der Waals surface area contributed by atoms with E-state index >= 15 is 0 Å². The third-order valence-corrected chi connectivity index (χ3v) is 7.95. The number of allylic oxidation sites excluding steroid dienone is 1. The van der Waals surface area contributed by atoms with Crippen molar-refractivity contribution in [3.63, 3.8) is 0 Å². The summed E-state index contributed by atoms with van der Waals surface area (Å²) in [6, 6.07) is 12.8. The highest BCUT2D eigenvalue weighted by Gasteiger charge is 2.34. The number of carboxylic acids is 1. The molecule has 2 aromatic heterocycles. The minimum Gasteiger partial charge on any atom is -0.493 e. The summed E-state index contributed by atoms with van der Waals surface area (Å²) in [4.78, 5) is 43.6. The van der Waals surface area contributed by atoms with E-state index < -0.39 is 18.0 Å². The van der Waals surface area contributed by atoms with Crippen LogP contribution >= 0.6 is 11.3 Å². The van der Waals surface area contributed by atoms with Crippen LogP contribution in [0.2, 0.25) is 0 Å². The lowest BCUT2D eigenvalue weighted by molar-refractivity contribution is -0.139. The highest BCUT2D eigenvalue weighted by atomic mass is 32.1. The molecule has 11 heteroatoms. The fourth-order valence-corrected chi connectivity index (χ4v) is 6.00. The molecule has 0 radical (unpaired) electrons. The number of ether oxygens (including phenoxy) is 3. The van der Waals surface area contributed by atoms with Gasteiger partial charge in [-0.25, -0.2) is 14.6 Å². The van der Waals surface area contributed by atoms with Crippen LogP contribution in [0.25, 0.3) is 17.4 Å². The summed E-state index contributed by atoms with van der Waals surface area (Å²) in [6.07, 6.45) is 1.61. The minimum absolute atomic E-state index is 0.161. The van der Waals surface area contributed by atoms with Gasteiger partial charge in [0.1, 0.15) is 11.5 Å². The van der Waals surface area contributed by atoms with Crippen molar-refractivity contribution in [3.8, 4) is 22.8 Å². The molecule has 0 aliphatic carbocycles. The lowest BCUT2D eigenvalue weighted by atomic mass is 9.95. The number of aromatic nitrogens is 1. The molecule has 0 spiro atoms. The number of rotatable bonds is 8. The molecule has 10 nitrogen and oxygen atoms in total. The average molecular weight is 589 g/mol. The van der Waals surface area contributed by atoms with E-state index in [2.05, 4.69) is 4.99 Å². The number of esters is 1. The van der Waals surface area contributed by atoms with Crippen molar-refractivity contribution < 1.29 is 33.3 Å². The Hall–Kier alpha value is -4.90. The van der Waals surface area contributed by atoms with Gasteiger partial charge in [-0.15, -0.1) is 0 Å². The molecule has 0 bridgehead atoms. The number of hydrogen-bond acceptors (Lipinski definition) is 9. The van der Waals surface area contributed by atoms with Crippen molar-refractivity contribution in [2.75, 3.05) is 20.8 Å². The average Bonchev–Trinajstić information content (AvgIpc) is 3.55. The molecule has 2 aromatic carbocycles. The van der Waals surface area contributed by atoms with Gasteiger partial charge in [0.15, 0.2) is 16.3 Å². The maximum Gasteiger partial charge on any atom is 0.338 e. The molecule has 1 atom stereocenters. The molecule has 216 valence electrons. The Morgan fingerprint density at radius 3 is 2.55 bits per heavy atom. The van der Waals surface area contributed by atoms with Crippen molar-refractivity contribution in [2.45, 2.75) is 26.8 Å². The number of carbonyl (C=O) groups is 2. The standard InChI is InChI=1S/C31H28N2O8S/c1-6-40-30(37)26-17(3)32-31-33(27(26)18-10-12-23(38-4)24(14-18)39-5)28(34)25(42-31)15-19-11-13-22(41-19)20-8-7-9-21(16(20)2)29(35)36/h7-15,27H,6H2,1-5H3,(H,35,36)/b25-15-/t27-/m1/s1. The van der Waals surface area contributed by atoms with Gasteiger partial charge in [0.2, 0.25) is 0 Å². The predicted molar refractivity (Wildman–Crippen MR) is 156 cm³/mol. The van der Waals surface area contributed by atoms with Crippen LogP contribution in [0.15, 0.2) is 74.0 Å². The summed E-state index contributed by atoms with van der Waals surface area (Å²) >= 11 is 1.17. The minimum atomic E-state index is -1.02. The first kappa shape index (κ1) is 28.6. The number of methoxy groups -OCH3 is 2. The van der Waals surface area contributed by atoms with E-state index in [1.165, 1.54) is 36.2 Å². The molecule has 4 aromatic rings. The maximum absolute atomic E-state index is 13.9. The zero-order chi connectivity index (χ0) is 30.1. The van der Waals surface area contributed by atoms with Crippen molar-refractivity contribution in [1.29, 1.82) is 0 Å². The normalized spacial score (nSPS) is 14.8. The largest absolute Gasteiger partial charge is 0.493 e. The van der Waals surface area contributed by atoms with Gasteiger partial charge >= 0.3 is 11.9 Å². The number of benzene rings is 2. The van der Waals surface area contributed by atoms with Crippen molar-refractivity contribution in [2.24, 2.45) is 4.99 Å². The van der Waals surface area contributed by atoms with Gasteiger partial charge in [-0.3, -0.25) is 9.36 Å². The molecule has 1 aliphatic rings. The van der Waals surface area contributed by atoms with E-state index in [-0.39, 0.29) is 23.3 Å². The maximum atomic E-state index is 13.9. The summed E-state index contributed by atoms with van der Waals surface area (Å²) in [7, 11) is 3.04. The van der Waals surface area contributed by atoms with E-state index in [1.54, 1.807) is 69.3 Å². The van der Waals surface area contributed by atoms with Crippen LogP contribution in [0.5, 0.6) is 11.5 Å². The van der Waals surface area contributed by atoms with Gasteiger partial charge in [-0.2, -0.15) is 0 Å². The second kappa shape index (κ2) is 11.5. The molecule has 0 amide bonds. The van der Waals surface area contributed by atoms with Crippen LogP contribution in [0.3, 0.4) is 0 Å². The first-order valence-electron chi connectivity index (χ1n) is 13.0. The predicted octanol–water partition coefficient (Wildman–Crippen LogP) is 4.08. The summed E-state index contributed by atoms with van der Waals surface area (Å²) in [5.41, 5.74) is 2.33. The fraction of sp³-hybridized carbons (Fsp3) is 0.226. The van der Waals surface area contributed by atoms with Crippen molar-refractivity contribution in [1.82, 2.24) is 4.57 Å². The van der Waals surface area contributed by atoms with Gasteiger partial charge in [0.25, 0.3) is 5.56 Å². The number of fused-ring (bicyclic) bond motifs is 1. The van der Waals surface area contributed by atoms with Crippen LogP contribution in [-0.2, 0) is 9.53 Å². The summed E-state index contributed by atoms with van der Waals surface area (Å²) in [6.45, 7) is 5.31. The van der Waals surface area contributed by atoms with E-state index in [4.69, 9.17) is 18.6 Å². The third-order valence-electron chi connectivity index (χ3n) is 6.97. The number of thiazole rings is 1. The smallest absolute Gasteiger partial charge is 0.338 e. The van der Waals surface area contributed by atoms with E-state index in [0.29, 0.717) is 54.7 Å². The van der Waals surface area contributed by atoms with E-state index in [1.807, 2.05) is 0 Å². The number of aromatic carboxylic acids is 1. The van der Waals surface area contributed by atoms with E-state index in [0.717, 1.165) is 0 Å². The summed E-state index contributed by atoms with van der Waals surface area (Å²) in [5, 5.41) is 9.48. The summed E-state index contributed by atoms with van der Waals surface area (Å²) < 4.78 is 24.1. The zero-order valence-corrected chi connectivity index (χ0v) is 24.4. The quantitative estimate of drug-likeness (QED) is 0.305. The van der Waals surface area contributed by atoms with Crippen LogP contribution in [0.4, 0.5) is 0 Å². The first-order valence-corrected chi connectivity index (χ1v) is 13.8. The van der Waals surface area contributed by atoms with Gasteiger partial charge in [-0.05, 0) is 62.2 Å². The third kappa shape index (κ3) is 5.03. The Morgan fingerprint density at radius 2 is 1.86 bits per heavy atom. The van der Waals surface area contributed by atoms with Crippen molar-refractivity contribution in [3.05, 3.63) is 102 Å². The lowest BCUT2D eigenvalue weighted by Gasteiger charge is -2.25. The Balaban J connectivity index is 1.65. The second-order valence-electron chi connectivity index (χ2n) is 9.40. The number of hydrogen-bond donors (Lipinski definition) is 1. The van der Waals surface area contributed by atoms with Crippen LogP contribution in [0, 0.1) is 6.92 Å². The molecule has 0 fully saturated rings. The van der Waals surface area contributed by atoms with E-state index in [9.17, 15) is 19.5 Å². The highest BCUT2D eigenvalue weighted by Crippen LogP contribution is 2.36. The van der Waals surface area contributed by atoms with Gasteiger partial charge in [0.05, 0.1) is 48.2 Å². The Kier molecular flexibility index (Phi) is 7.86. The molecule has 1 N–H and O–H groups in total.